The van der Waals surface area contributed by atoms with Gasteiger partial charge in [-0.3, -0.25) is 4.90 Å². The summed E-state index contributed by atoms with van der Waals surface area (Å²) in [5.41, 5.74) is 22.2. The molecule has 0 bridgehead atoms. The van der Waals surface area contributed by atoms with Crippen LogP contribution in [0.1, 0.15) is 5.56 Å². The molecule has 0 saturated carbocycles. The van der Waals surface area contributed by atoms with E-state index in [-0.39, 0.29) is 0 Å². The third-order valence-corrected chi connectivity index (χ3v) is 15.1. The van der Waals surface area contributed by atoms with Gasteiger partial charge in [0.05, 0.1) is 11.3 Å². The normalized spacial score (nSPS) is 11.0. The molecule has 13 aromatic rings. The Hall–Kier alpha value is -10.9. The number of benzene rings is 12. The zero-order chi connectivity index (χ0) is 54.3. The third kappa shape index (κ3) is 9.69. The van der Waals surface area contributed by atoms with Gasteiger partial charge in [-0.15, -0.1) is 0 Å². The highest BCUT2D eigenvalue weighted by molar-refractivity contribution is 6.12. The van der Waals surface area contributed by atoms with Crippen LogP contribution in [-0.4, -0.2) is 4.98 Å². The van der Waals surface area contributed by atoms with E-state index < -0.39 is 0 Å². The molecule has 0 radical (unpaired) electrons. The van der Waals surface area contributed by atoms with E-state index in [0.717, 1.165) is 123 Å². The fraction of sp³-hybridized carbons (Fsp3) is 0. The Bertz CT molecular complexity index is 4280. The van der Waals surface area contributed by atoms with E-state index in [1.165, 1.54) is 0 Å². The molecule has 0 N–H and O–H groups in total. The van der Waals surface area contributed by atoms with Crippen LogP contribution in [0.2, 0.25) is 0 Å². The van der Waals surface area contributed by atoms with E-state index in [1.807, 2.05) is 6.07 Å². The summed E-state index contributed by atoms with van der Waals surface area (Å²) in [5.74, 6) is 0.686. The molecule has 1 heterocycles. The minimum atomic E-state index is 0.560. The van der Waals surface area contributed by atoms with Gasteiger partial charge in [0.25, 0.3) is 0 Å². The van der Waals surface area contributed by atoms with Crippen molar-refractivity contribution in [3.05, 3.63) is 327 Å². The zero-order valence-electron chi connectivity index (χ0n) is 44.4. The predicted octanol–water partition coefficient (Wildman–Crippen LogP) is 21.1. The van der Waals surface area contributed by atoms with Crippen LogP contribution in [0.5, 0.6) is 0 Å². The first-order chi connectivity index (χ1) is 40.2. The number of aromatic nitrogens is 1. The Morgan fingerprint density at radius 1 is 0.247 bits per heavy atom. The van der Waals surface area contributed by atoms with Gasteiger partial charge in [0, 0.05) is 28.1 Å². The molecule has 1 aromatic heterocycles. The van der Waals surface area contributed by atoms with Gasteiger partial charge in [-0.1, -0.05) is 279 Å². The summed E-state index contributed by atoms with van der Waals surface area (Å²) < 4.78 is 0. The molecule has 0 saturated heterocycles. The lowest BCUT2D eigenvalue weighted by Crippen LogP contribution is -2.12. The second kappa shape index (κ2) is 22.6. The molecule has 0 amide bonds. The Morgan fingerprint density at radius 2 is 0.519 bits per heavy atom. The highest BCUT2D eigenvalue weighted by Gasteiger charge is 2.31. The third-order valence-electron chi connectivity index (χ3n) is 15.1. The average molecular weight is 1030 g/mol. The van der Waals surface area contributed by atoms with E-state index in [2.05, 4.69) is 326 Å². The molecule has 3 heteroatoms. The van der Waals surface area contributed by atoms with Crippen LogP contribution in [0.15, 0.2) is 322 Å². The molecule has 0 unspecified atom stereocenters. The first-order valence-corrected chi connectivity index (χ1v) is 27.4. The molecule has 380 valence electrons. The molecule has 0 spiro atoms. The molecule has 0 aliphatic heterocycles. The van der Waals surface area contributed by atoms with Crippen molar-refractivity contribution < 1.29 is 0 Å². The van der Waals surface area contributed by atoms with Crippen LogP contribution in [0, 0.1) is 11.3 Å². The highest BCUT2D eigenvalue weighted by atomic mass is 15.2. The number of anilines is 3. The van der Waals surface area contributed by atoms with Gasteiger partial charge in [-0.2, -0.15) is 5.26 Å². The predicted molar refractivity (Wildman–Crippen MR) is 338 cm³/mol. The number of nitriles is 1. The Morgan fingerprint density at radius 3 is 0.877 bits per heavy atom. The minimum Gasteiger partial charge on any atom is -0.295 e. The molecule has 12 aromatic carbocycles. The second-order valence-corrected chi connectivity index (χ2v) is 20.0. The summed E-state index contributed by atoms with van der Waals surface area (Å²) in [6.45, 7) is 0. The van der Waals surface area contributed by atoms with Crippen LogP contribution in [0.25, 0.3) is 111 Å². The largest absolute Gasteiger partial charge is 0.295 e. The van der Waals surface area contributed by atoms with Crippen molar-refractivity contribution in [3.8, 4) is 117 Å². The Kier molecular flexibility index (Phi) is 13.8. The highest BCUT2D eigenvalue weighted by Crippen LogP contribution is 2.55. The number of rotatable bonds is 13. The fourth-order valence-electron chi connectivity index (χ4n) is 11.6. The molecule has 0 atom stereocenters. The first-order valence-electron chi connectivity index (χ1n) is 27.4. The number of hydrogen-bond donors (Lipinski definition) is 0. The van der Waals surface area contributed by atoms with Gasteiger partial charge >= 0.3 is 0 Å². The van der Waals surface area contributed by atoms with Crippen molar-refractivity contribution in [2.45, 2.75) is 0 Å². The Labute approximate surface area is 474 Å². The van der Waals surface area contributed by atoms with E-state index in [4.69, 9.17) is 4.98 Å². The molecule has 0 aliphatic rings. The SMILES string of the molecule is N#Cc1c(-c2ccccc2)c(-c2ccccc2)c(-c2ccccc2)c(-c2ccccc2)c1-c1cc(-c2cc(-c3ccccc3)c(-c3ccccc3)c(-c3ccccc3)c2-c2ccccc2)nc(N(c2ccccc2)c2ccccc2)c1. The monoisotopic (exact) mass is 1030 g/mol. The van der Waals surface area contributed by atoms with Crippen LogP contribution in [-0.2, 0) is 0 Å². The smallest absolute Gasteiger partial charge is 0.138 e. The first kappa shape index (κ1) is 49.6. The van der Waals surface area contributed by atoms with Gasteiger partial charge in [0.2, 0.25) is 0 Å². The maximum absolute atomic E-state index is 12.3. The summed E-state index contributed by atoms with van der Waals surface area (Å²) in [4.78, 5) is 8.21. The summed E-state index contributed by atoms with van der Waals surface area (Å²) in [6, 6.07) is 116. The topological polar surface area (TPSA) is 39.9 Å². The number of nitrogens with zero attached hydrogens (tertiary/aromatic N) is 3. The van der Waals surface area contributed by atoms with Gasteiger partial charge in [0.1, 0.15) is 11.9 Å². The van der Waals surface area contributed by atoms with Crippen molar-refractivity contribution in [2.24, 2.45) is 0 Å². The van der Waals surface area contributed by atoms with Gasteiger partial charge in [0.15, 0.2) is 0 Å². The minimum absolute atomic E-state index is 0.560. The second-order valence-electron chi connectivity index (χ2n) is 20.0. The lowest BCUT2D eigenvalue weighted by Gasteiger charge is -2.29. The quantitative estimate of drug-likeness (QED) is 0.116. The van der Waals surface area contributed by atoms with Crippen molar-refractivity contribution in [1.29, 1.82) is 5.26 Å². The van der Waals surface area contributed by atoms with Crippen LogP contribution in [0.3, 0.4) is 0 Å². The maximum Gasteiger partial charge on any atom is 0.138 e. The van der Waals surface area contributed by atoms with Crippen LogP contribution >= 0.6 is 0 Å². The van der Waals surface area contributed by atoms with E-state index >= 15 is 0 Å². The average Bonchev–Trinajstić information content (AvgIpc) is 3.74. The lowest BCUT2D eigenvalue weighted by molar-refractivity contribution is 1.18. The molecule has 3 nitrogen and oxygen atoms in total. The van der Waals surface area contributed by atoms with Gasteiger partial charge in [-0.25, -0.2) is 4.98 Å². The number of hydrogen-bond acceptors (Lipinski definition) is 3. The van der Waals surface area contributed by atoms with Crippen LogP contribution in [0.4, 0.5) is 17.2 Å². The molecule has 81 heavy (non-hydrogen) atoms. The van der Waals surface area contributed by atoms with Crippen molar-refractivity contribution in [1.82, 2.24) is 4.98 Å². The zero-order valence-corrected chi connectivity index (χ0v) is 44.4. The molecule has 0 aliphatic carbocycles. The maximum atomic E-state index is 12.3. The van der Waals surface area contributed by atoms with Crippen LogP contribution < -0.4 is 4.90 Å². The molecule has 0 fully saturated rings. The van der Waals surface area contributed by atoms with E-state index in [1.54, 1.807) is 0 Å². The number of para-hydroxylation sites is 2. The summed E-state index contributed by atoms with van der Waals surface area (Å²) in [5, 5.41) is 12.3. The van der Waals surface area contributed by atoms with E-state index in [0.29, 0.717) is 11.4 Å². The Balaban J connectivity index is 1.26. The molecular weight excluding hydrogens is 979 g/mol. The van der Waals surface area contributed by atoms with E-state index in [9.17, 15) is 5.26 Å². The van der Waals surface area contributed by atoms with Crippen molar-refractivity contribution >= 4 is 17.2 Å². The number of pyridine rings is 1. The van der Waals surface area contributed by atoms with Gasteiger partial charge < -0.3 is 0 Å². The molecular formula is C78H53N3. The molecule has 13 rings (SSSR count). The van der Waals surface area contributed by atoms with Gasteiger partial charge in [-0.05, 0) is 131 Å². The lowest BCUT2D eigenvalue weighted by atomic mass is 9.75. The van der Waals surface area contributed by atoms with Crippen molar-refractivity contribution in [2.75, 3.05) is 4.90 Å². The fourth-order valence-corrected chi connectivity index (χ4v) is 11.6. The summed E-state index contributed by atoms with van der Waals surface area (Å²) in [7, 11) is 0. The standard InChI is InChI=1S/C78H53N3/c79-54-68-73(58-37-17-4-18-38-58)76(60-41-21-6-22-42-60)78(62-45-25-8-26-46-62)77(61-43-23-7-24-44-61)74(68)63-51-69(80-70(52-63)81(64-47-27-9-28-48-64)65-49-29-10-30-50-65)67-53-66(55-31-11-1-12-32-55)71(56-33-13-2-14-34-56)75(59-39-19-5-20-40-59)72(67)57-35-15-3-16-36-57/h1-53H. The summed E-state index contributed by atoms with van der Waals surface area (Å²) >= 11 is 0. The summed E-state index contributed by atoms with van der Waals surface area (Å²) in [6.07, 6.45) is 0. The van der Waals surface area contributed by atoms with Crippen molar-refractivity contribution in [3.63, 3.8) is 0 Å².